The Hall–Kier alpha value is -2.42. The zero-order valence-corrected chi connectivity index (χ0v) is 20.0. The molecule has 1 atom stereocenters. The predicted molar refractivity (Wildman–Crippen MR) is 125 cm³/mol. The summed E-state index contributed by atoms with van der Waals surface area (Å²) in [7, 11) is 0. The van der Waals surface area contributed by atoms with Gasteiger partial charge in [-0.25, -0.2) is 4.79 Å². The molecule has 0 fully saturated rings. The SMILES string of the molecule is CC[NH+](CC)CCNC(=O)C1(O)c2cc(Br)ccc2NC(=O)N1c1ccc(C)c(C)c1. The van der Waals surface area contributed by atoms with Crippen molar-refractivity contribution in [3.63, 3.8) is 0 Å². The van der Waals surface area contributed by atoms with Crippen molar-refractivity contribution >= 4 is 39.2 Å². The summed E-state index contributed by atoms with van der Waals surface area (Å²) in [6.07, 6.45) is 0. The number of quaternary nitrogens is 1. The van der Waals surface area contributed by atoms with Crippen molar-refractivity contribution in [1.29, 1.82) is 0 Å². The van der Waals surface area contributed by atoms with Crippen LogP contribution in [-0.2, 0) is 10.5 Å². The zero-order chi connectivity index (χ0) is 22.8. The van der Waals surface area contributed by atoms with Crippen molar-refractivity contribution in [1.82, 2.24) is 5.32 Å². The Morgan fingerprint density at radius 3 is 2.52 bits per heavy atom. The number of aryl methyl sites for hydroxylation is 2. The van der Waals surface area contributed by atoms with E-state index < -0.39 is 17.7 Å². The molecular formula is C23H30BrN4O3+. The summed E-state index contributed by atoms with van der Waals surface area (Å²) in [5.74, 6) is -0.633. The van der Waals surface area contributed by atoms with Crippen molar-refractivity contribution < 1.29 is 19.6 Å². The Morgan fingerprint density at radius 2 is 1.87 bits per heavy atom. The van der Waals surface area contributed by atoms with Gasteiger partial charge in [0.25, 0.3) is 11.6 Å². The quantitative estimate of drug-likeness (QED) is 0.481. The normalized spacial score (nSPS) is 18.0. The summed E-state index contributed by atoms with van der Waals surface area (Å²) in [5, 5.41) is 17.5. The molecule has 0 saturated heterocycles. The summed E-state index contributed by atoms with van der Waals surface area (Å²) in [6.45, 7) is 11.1. The number of likely N-dealkylation sites (N-methyl/N-ethyl adjacent to an activating group) is 1. The van der Waals surface area contributed by atoms with Crippen molar-refractivity contribution in [2.24, 2.45) is 0 Å². The molecule has 7 nitrogen and oxygen atoms in total. The molecule has 31 heavy (non-hydrogen) atoms. The van der Waals surface area contributed by atoms with Gasteiger partial charge in [-0.2, -0.15) is 0 Å². The maximum absolute atomic E-state index is 13.4. The molecule has 2 aromatic carbocycles. The third-order valence-electron chi connectivity index (χ3n) is 5.95. The Morgan fingerprint density at radius 1 is 1.16 bits per heavy atom. The molecular weight excluding hydrogens is 460 g/mol. The van der Waals surface area contributed by atoms with Crippen molar-refractivity contribution in [3.05, 3.63) is 57.6 Å². The number of carbonyl (C=O) groups excluding carboxylic acids is 2. The van der Waals surface area contributed by atoms with Crippen LogP contribution in [0.4, 0.5) is 16.2 Å². The number of fused-ring (bicyclic) bond motifs is 1. The van der Waals surface area contributed by atoms with Gasteiger partial charge < -0.3 is 20.6 Å². The van der Waals surface area contributed by atoms with Gasteiger partial charge in [0, 0.05) is 15.7 Å². The number of halogens is 1. The Kier molecular flexibility index (Phi) is 7.03. The molecule has 1 heterocycles. The number of hydrogen-bond acceptors (Lipinski definition) is 3. The van der Waals surface area contributed by atoms with Crippen LogP contribution in [0, 0.1) is 13.8 Å². The summed E-state index contributed by atoms with van der Waals surface area (Å²) < 4.78 is 0.696. The van der Waals surface area contributed by atoms with Crippen molar-refractivity contribution in [2.75, 3.05) is 36.4 Å². The number of urea groups is 1. The molecule has 0 aliphatic carbocycles. The van der Waals surface area contributed by atoms with Crippen LogP contribution in [0.5, 0.6) is 0 Å². The van der Waals surface area contributed by atoms with Gasteiger partial charge >= 0.3 is 6.03 Å². The lowest BCUT2D eigenvalue weighted by Gasteiger charge is -2.43. The maximum atomic E-state index is 13.4. The van der Waals surface area contributed by atoms with Gasteiger partial charge in [0.1, 0.15) is 0 Å². The lowest BCUT2D eigenvalue weighted by atomic mass is 9.94. The Labute approximate surface area is 191 Å². The summed E-state index contributed by atoms with van der Waals surface area (Å²) >= 11 is 3.42. The number of amides is 3. The van der Waals surface area contributed by atoms with Crippen LogP contribution < -0.4 is 20.4 Å². The molecule has 0 spiro atoms. The number of aliphatic hydroxyl groups is 1. The minimum Gasteiger partial charge on any atom is -0.359 e. The van der Waals surface area contributed by atoms with Crippen LogP contribution in [0.2, 0.25) is 0 Å². The summed E-state index contributed by atoms with van der Waals surface area (Å²) in [5.41, 5.74) is 0.977. The third-order valence-corrected chi connectivity index (χ3v) is 6.45. The predicted octanol–water partition coefficient (Wildman–Crippen LogP) is 2.30. The van der Waals surface area contributed by atoms with E-state index in [0.29, 0.717) is 28.0 Å². The molecule has 0 radical (unpaired) electrons. The zero-order valence-electron chi connectivity index (χ0n) is 18.4. The molecule has 1 aliphatic heterocycles. The second kappa shape index (κ2) is 9.38. The highest BCUT2D eigenvalue weighted by Gasteiger charge is 2.52. The van der Waals surface area contributed by atoms with E-state index in [1.54, 1.807) is 30.3 Å². The monoisotopic (exact) mass is 489 g/mol. The second-order valence-corrected chi connectivity index (χ2v) is 8.77. The first-order valence-corrected chi connectivity index (χ1v) is 11.3. The van der Waals surface area contributed by atoms with E-state index in [1.165, 1.54) is 4.90 Å². The standard InChI is InChI=1S/C23H29BrN4O3/c1-5-27(6-2)12-11-25-21(29)23(31)19-14-17(24)8-10-20(19)26-22(30)28(23)18-9-7-15(3)16(4)13-18/h7-10,13-14,31H,5-6,11-12H2,1-4H3,(H,25,29)(H,26,30)/p+1. The van der Waals surface area contributed by atoms with Crippen LogP contribution in [0.3, 0.4) is 0 Å². The van der Waals surface area contributed by atoms with Gasteiger partial charge in [-0.1, -0.05) is 22.0 Å². The van der Waals surface area contributed by atoms with E-state index >= 15 is 0 Å². The lowest BCUT2D eigenvalue weighted by molar-refractivity contribution is -0.895. The fourth-order valence-electron chi connectivity index (χ4n) is 3.82. The van der Waals surface area contributed by atoms with E-state index in [9.17, 15) is 14.7 Å². The maximum Gasteiger partial charge on any atom is 0.329 e. The molecule has 4 N–H and O–H groups in total. The first-order chi connectivity index (χ1) is 14.7. The van der Waals surface area contributed by atoms with Gasteiger partial charge in [-0.05, 0) is 69.2 Å². The smallest absolute Gasteiger partial charge is 0.329 e. The number of nitrogens with zero attached hydrogens (tertiary/aromatic N) is 1. The van der Waals surface area contributed by atoms with Gasteiger partial charge in [-0.3, -0.25) is 9.69 Å². The van der Waals surface area contributed by atoms with Crippen LogP contribution in [0.1, 0.15) is 30.5 Å². The highest BCUT2D eigenvalue weighted by Crippen LogP contribution is 2.41. The molecule has 0 aromatic heterocycles. The van der Waals surface area contributed by atoms with Gasteiger partial charge in [-0.15, -0.1) is 0 Å². The van der Waals surface area contributed by atoms with Crippen molar-refractivity contribution in [3.8, 4) is 0 Å². The largest absolute Gasteiger partial charge is 0.359 e. The average Bonchev–Trinajstić information content (AvgIpc) is 2.74. The van der Waals surface area contributed by atoms with E-state index in [-0.39, 0.29) is 0 Å². The summed E-state index contributed by atoms with van der Waals surface area (Å²) in [4.78, 5) is 29.0. The van der Waals surface area contributed by atoms with Crippen LogP contribution in [-0.4, -0.2) is 43.2 Å². The summed E-state index contributed by atoms with van der Waals surface area (Å²) in [6, 6.07) is 9.94. The first kappa shape index (κ1) is 23.2. The number of hydrogen-bond donors (Lipinski definition) is 4. The highest BCUT2D eigenvalue weighted by atomic mass is 79.9. The first-order valence-electron chi connectivity index (χ1n) is 10.5. The van der Waals surface area contributed by atoms with E-state index in [2.05, 4.69) is 40.4 Å². The minimum atomic E-state index is -2.19. The van der Waals surface area contributed by atoms with Crippen LogP contribution >= 0.6 is 15.9 Å². The van der Waals surface area contributed by atoms with Crippen LogP contribution in [0.25, 0.3) is 0 Å². The molecule has 1 aliphatic rings. The fraction of sp³-hybridized carbons (Fsp3) is 0.391. The topological polar surface area (TPSA) is 86.1 Å². The van der Waals surface area contributed by atoms with Gasteiger partial charge in [0.15, 0.2) is 0 Å². The Balaban J connectivity index is 2.05. The average molecular weight is 490 g/mol. The molecule has 8 heteroatoms. The second-order valence-electron chi connectivity index (χ2n) is 7.86. The number of nitrogens with one attached hydrogen (secondary N) is 3. The number of benzene rings is 2. The number of rotatable bonds is 7. The number of anilines is 2. The van der Waals surface area contributed by atoms with Crippen LogP contribution in [0.15, 0.2) is 40.9 Å². The molecule has 0 bridgehead atoms. The molecule has 2 aromatic rings. The van der Waals surface area contributed by atoms with E-state index in [1.807, 2.05) is 19.9 Å². The molecule has 0 saturated carbocycles. The Bertz CT molecular complexity index is 993. The lowest BCUT2D eigenvalue weighted by Crippen LogP contribution is -3.12. The van der Waals surface area contributed by atoms with Gasteiger partial charge in [0.2, 0.25) is 0 Å². The molecule has 1 unspecified atom stereocenters. The number of carbonyl (C=O) groups is 2. The molecule has 3 rings (SSSR count). The molecule has 166 valence electrons. The van der Waals surface area contributed by atoms with E-state index in [0.717, 1.165) is 35.7 Å². The third kappa shape index (κ3) is 4.46. The van der Waals surface area contributed by atoms with Crippen molar-refractivity contribution in [2.45, 2.75) is 33.4 Å². The molecule has 3 amide bonds. The van der Waals surface area contributed by atoms with Gasteiger partial charge in [0.05, 0.1) is 31.9 Å². The fourth-order valence-corrected chi connectivity index (χ4v) is 4.19. The minimum absolute atomic E-state index is 0.312. The highest BCUT2D eigenvalue weighted by molar-refractivity contribution is 9.10. The van der Waals surface area contributed by atoms with E-state index in [4.69, 9.17) is 0 Å².